The number of methoxy groups -OCH3 is 2. The number of carbonyl (C=O) groups is 4. The Morgan fingerprint density at radius 3 is 2.27 bits per heavy atom. The lowest BCUT2D eigenvalue weighted by Crippen LogP contribution is -2.53. The van der Waals surface area contributed by atoms with Crippen LogP contribution in [-0.4, -0.2) is 94.6 Å². The average Bonchev–Trinajstić information content (AvgIpc) is 3.88. The summed E-state index contributed by atoms with van der Waals surface area (Å²) in [5.41, 5.74) is 12.0. The molecule has 0 aromatic heterocycles. The van der Waals surface area contributed by atoms with Gasteiger partial charge in [0.15, 0.2) is 29.3 Å². The Labute approximate surface area is 346 Å². The fraction of sp³-hybridized carbons (Fsp3) is 0.436. The first kappa shape index (κ1) is 41.5. The molecule has 18 nitrogen and oxygen atoms in total. The molecular formula is C39H37Cl2N3O15. The quantitative estimate of drug-likeness (QED) is 0.0352. The number of fused-ring (bicyclic) bond motifs is 3. The van der Waals surface area contributed by atoms with Gasteiger partial charge in [0.2, 0.25) is 12.5 Å². The molecule has 3 aromatic rings. The minimum absolute atomic E-state index is 0.0337. The summed E-state index contributed by atoms with van der Waals surface area (Å²) in [4.78, 5) is 54.0. The summed E-state index contributed by atoms with van der Waals surface area (Å²) < 4.78 is 63.2. The number of benzene rings is 3. The molecule has 0 radical (unpaired) electrons. The van der Waals surface area contributed by atoms with Crippen molar-refractivity contribution in [2.24, 2.45) is 17.0 Å². The van der Waals surface area contributed by atoms with Gasteiger partial charge in [-0.15, -0.1) is 23.2 Å². The molecule has 2 fully saturated rings. The number of carbonyl (C=O) groups excluding carboxylic acids is 4. The van der Waals surface area contributed by atoms with Crippen molar-refractivity contribution in [3.05, 3.63) is 87.3 Å². The second-order valence-electron chi connectivity index (χ2n) is 13.6. The minimum Gasteiger partial charge on any atom is -0.493 e. The van der Waals surface area contributed by atoms with Crippen molar-refractivity contribution in [3.8, 4) is 28.7 Å². The van der Waals surface area contributed by atoms with Crippen LogP contribution in [0, 0.1) is 11.8 Å². The normalized spacial score (nSPS) is 25.0. The number of azide groups is 1. The van der Waals surface area contributed by atoms with Crippen LogP contribution in [0.1, 0.15) is 40.7 Å². The van der Waals surface area contributed by atoms with Crippen LogP contribution in [0.4, 0.5) is 4.79 Å². The van der Waals surface area contributed by atoms with Crippen LogP contribution in [-0.2, 0) is 49.4 Å². The molecule has 0 N–H and O–H groups in total. The molecule has 0 saturated carbocycles. The highest BCUT2D eigenvalue weighted by molar-refractivity contribution is 6.26. The van der Waals surface area contributed by atoms with Crippen LogP contribution in [0.5, 0.6) is 28.7 Å². The van der Waals surface area contributed by atoms with Crippen LogP contribution in [0.15, 0.2) is 59.7 Å². The first-order valence-corrected chi connectivity index (χ1v) is 19.3. The zero-order chi connectivity index (χ0) is 41.6. The van der Waals surface area contributed by atoms with E-state index in [4.69, 9.17) is 75.3 Å². The second-order valence-corrected chi connectivity index (χ2v) is 14.1. The topological polar surface area (TPSA) is 219 Å². The number of alkyl halides is 2. The number of nitrogens with zero attached hydrogens (tertiary/aromatic N) is 3. The Morgan fingerprint density at radius 1 is 0.915 bits per heavy atom. The summed E-state index contributed by atoms with van der Waals surface area (Å²) >= 11 is 11.3. The van der Waals surface area contributed by atoms with E-state index in [1.807, 2.05) is 18.2 Å². The van der Waals surface area contributed by atoms with Gasteiger partial charge in [-0.25, -0.2) is 4.79 Å². The lowest BCUT2D eigenvalue weighted by atomic mass is 9.66. The van der Waals surface area contributed by atoms with Crippen LogP contribution in [0.2, 0.25) is 0 Å². The largest absolute Gasteiger partial charge is 0.514 e. The summed E-state index contributed by atoms with van der Waals surface area (Å²) in [6.45, 7) is -0.580. The molecule has 3 aliphatic heterocycles. The van der Waals surface area contributed by atoms with E-state index in [9.17, 15) is 24.7 Å². The molecule has 312 valence electrons. The number of halogens is 2. The fourth-order valence-corrected chi connectivity index (χ4v) is 7.86. The zero-order valence-corrected chi connectivity index (χ0v) is 33.0. The maximum atomic E-state index is 13.8. The molecule has 7 rings (SSSR count). The Hall–Kier alpha value is -5.65. The Balaban J connectivity index is 1.24. The van der Waals surface area contributed by atoms with E-state index in [-0.39, 0.29) is 43.7 Å². The standard InChI is InChI=1S/C39H37Cl2N3O15/c1-49-27-8-20(9-28(50-2)37(27)59-39(48)53-15-19-6-4-3-5-7-19)33-21-10-25-26(55-18-54-25)11-22(21)35(23-16-52-38(47)34(23)33)58-32-12-24(43-44-42)36(57-31(46)14-41)29(56-32)17-51-30(45)13-40/h3-11,23-24,29,32-36H,12-18H2,1-2H3/t23-,24-,29+,32-,33+,34-,35+,36-/m0/s1. The van der Waals surface area contributed by atoms with Gasteiger partial charge in [0.05, 0.1) is 38.9 Å². The molecule has 0 bridgehead atoms. The van der Waals surface area contributed by atoms with Gasteiger partial charge in [-0.1, -0.05) is 35.4 Å². The maximum absolute atomic E-state index is 13.8. The molecule has 2 saturated heterocycles. The van der Waals surface area contributed by atoms with E-state index in [2.05, 4.69) is 10.0 Å². The number of ether oxygens (including phenoxy) is 11. The van der Waals surface area contributed by atoms with Crippen LogP contribution >= 0.6 is 23.2 Å². The third kappa shape index (κ3) is 8.87. The van der Waals surface area contributed by atoms with Crippen molar-refractivity contribution in [2.45, 2.75) is 49.6 Å². The predicted octanol–water partition coefficient (Wildman–Crippen LogP) is 5.87. The Kier molecular flexibility index (Phi) is 13.0. The van der Waals surface area contributed by atoms with Gasteiger partial charge >= 0.3 is 24.1 Å². The van der Waals surface area contributed by atoms with E-state index in [1.54, 1.807) is 36.4 Å². The van der Waals surface area contributed by atoms with E-state index in [0.717, 1.165) is 5.56 Å². The van der Waals surface area contributed by atoms with Crippen molar-refractivity contribution in [2.75, 3.05) is 46.0 Å². The monoisotopic (exact) mass is 857 g/mol. The highest BCUT2D eigenvalue weighted by atomic mass is 35.5. The summed E-state index contributed by atoms with van der Waals surface area (Å²) in [5, 5.41) is 3.85. The molecule has 20 heteroatoms. The van der Waals surface area contributed by atoms with Crippen LogP contribution in [0.3, 0.4) is 0 Å². The maximum Gasteiger partial charge on any atom is 0.514 e. The van der Waals surface area contributed by atoms with Gasteiger partial charge < -0.3 is 52.1 Å². The molecule has 3 aromatic carbocycles. The first-order valence-electron chi connectivity index (χ1n) is 18.2. The Morgan fingerprint density at radius 2 is 1.61 bits per heavy atom. The summed E-state index contributed by atoms with van der Waals surface area (Å²) in [7, 11) is 2.78. The van der Waals surface area contributed by atoms with Crippen molar-refractivity contribution in [3.63, 3.8) is 0 Å². The second kappa shape index (κ2) is 18.5. The van der Waals surface area contributed by atoms with E-state index in [0.29, 0.717) is 28.2 Å². The third-order valence-electron chi connectivity index (χ3n) is 10.2. The molecule has 59 heavy (non-hydrogen) atoms. The highest BCUT2D eigenvalue weighted by Crippen LogP contribution is 2.57. The summed E-state index contributed by atoms with van der Waals surface area (Å²) in [6.07, 6.45) is -5.55. The number of rotatable bonds is 14. The number of hydrogen-bond acceptors (Lipinski definition) is 16. The molecule has 8 atom stereocenters. The molecule has 3 heterocycles. The van der Waals surface area contributed by atoms with Crippen LogP contribution < -0.4 is 23.7 Å². The van der Waals surface area contributed by atoms with Crippen molar-refractivity contribution in [1.82, 2.24) is 0 Å². The first-order chi connectivity index (χ1) is 28.7. The van der Waals surface area contributed by atoms with Crippen molar-refractivity contribution >= 4 is 47.3 Å². The third-order valence-corrected chi connectivity index (χ3v) is 10.7. The molecule has 0 spiro atoms. The van der Waals surface area contributed by atoms with Gasteiger partial charge in [0.25, 0.3) is 0 Å². The van der Waals surface area contributed by atoms with Gasteiger partial charge in [-0.3, -0.25) is 14.4 Å². The molecule has 4 aliphatic rings. The van der Waals surface area contributed by atoms with E-state index in [1.165, 1.54) is 14.2 Å². The SMILES string of the molecule is COc1cc([C@@H]2c3cc4c(cc3[C@@H](O[C@H]3C[C@H](N=[N+]=[N-])[C@H](OC(=O)CCl)[C@@H](COC(=O)CCl)O3)[C@H]3COC(=O)[C@H]23)OCO4)cc(OC)c1OC(=O)OCc1ccccc1. The van der Waals surface area contributed by atoms with E-state index >= 15 is 0 Å². The van der Waals surface area contributed by atoms with Gasteiger partial charge in [-0.05, 0) is 52.1 Å². The molecule has 0 amide bonds. The number of hydrogen-bond donors (Lipinski definition) is 0. The van der Waals surface area contributed by atoms with Gasteiger partial charge in [-0.2, -0.15) is 0 Å². The highest BCUT2D eigenvalue weighted by Gasteiger charge is 2.55. The zero-order valence-electron chi connectivity index (χ0n) is 31.5. The summed E-state index contributed by atoms with van der Waals surface area (Å²) in [6, 6.07) is 14.8. The van der Waals surface area contributed by atoms with Crippen molar-refractivity contribution in [1.29, 1.82) is 0 Å². The Bertz CT molecular complexity index is 2090. The minimum atomic E-state index is -1.20. The number of esters is 3. The average molecular weight is 859 g/mol. The molecular weight excluding hydrogens is 821 g/mol. The number of cyclic esters (lactones) is 1. The van der Waals surface area contributed by atoms with Crippen LogP contribution in [0.25, 0.3) is 10.4 Å². The van der Waals surface area contributed by atoms with Gasteiger partial charge in [0, 0.05) is 23.2 Å². The predicted molar refractivity (Wildman–Crippen MR) is 201 cm³/mol. The molecule has 1 aliphatic carbocycles. The van der Waals surface area contributed by atoms with E-state index < -0.39 is 90.8 Å². The lowest BCUT2D eigenvalue weighted by molar-refractivity contribution is -0.263. The molecule has 0 unspecified atom stereocenters. The van der Waals surface area contributed by atoms with Crippen molar-refractivity contribution < 1.29 is 71.3 Å². The smallest absolute Gasteiger partial charge is 0.493 e. The lowest BCUT2D eigenvalue weighted by Gasteiger charge is -2.43. The fourth-order valence-electron chi connectivity index (χ4n) is 7.72. The summed E-state index contributed by atoms with van der Waals surface area (Å²) in [5.74, 6) is -4.27. The van der Waals surface area contributed by atoms with Gasteiger partial charge in [0.1, 0.15) is 37.2 Å².